The Morgan fingerprint density at radius 3 is 3.11 bits per heavy atom. The van der Waals surface area contributed by atoms with Crippen molar-refractivity contribution in [2.75, 3.05) is 0 Å². The average molecular weight is 260 g/mol. The highest BCUT2D eigenvalue weighted by atomic mass is 16.1. The van der Waals surface area contributed by atoms with Crippen molar-refractivity contribution >= 4 is 5.91 Å². The number of H-pyrrole nitrogens is 1. The van der Waals surface area contributed by atoms with Crippen molar-refractivity contribution < 1.29 is 4.79 Å². The minimum Gasteiger partial charge on any atom is -0.342 e. The SMILES string of the molecule is Cc1[nH]ncc1C(=O)NC(C)c1nnc2n1CCC2. The summed E-state index contributed by atoms with van der Waals surface area (Å²) in [6, 6.07) is -0.166. The van der Waals surface area contributed by atoms with E-state index < -0.39 is 0 Å². The summed E-state index contributed by atoms with van der Waals surface area (Å²) in [7, 11) is 0. The van der Waals surface area contributed by atoms with Gasteiger partial charge in [-0.05, 0) is 20.3 Å². The van der Waals surface area contributed by atoms with Crippen LogP contribution in [0.2, 0.25) is 0 Å². The molecule has 1 aliphatic heterocycles. The fourth-order valence-corrected chi connectivity index (χ4v) is 2.41. The van der Waals surface area contributed by atoms with Crippen LogP contribution in [0.5, 0.6) is 0 Å². The predicted molar refractivity (Wildman–Crippen MR) is 67.5 cm³/mol. The first-order chi connectivity index (χ1) is 9.16. The molecular weight excluding hydrogens is 244 g/mol. The molecule has 0 bridgehead atoms. The molecule has 0 fully saturated rings. The van der Waals surface area contributed by atoms with Crippen LogP contribution in [-0.4, -0.2) is 30.9 Å². The smallest absolute Gasteiger partial charge is 0.255 e. The Balaban J connectivity index is 1.76. The summed E-state index contributed by atoms with van der Waals surface area (Å²) in [6.07, 6.45) is 3.60. The number of nitrogens with zero attached hydrogens (tertiary/aromatic N) is 4. The van der Waals surface area contributed by atoms with Crippen LogP contribution in [0.25, 0.3) is 0 Å². The molecule has 1 unspecified atom stereocenters. The average Bonchev–Trinajstić information content (AvgIpc) is 3.02. The van der Waals surface area contributed by atoms with Gasteiger partial charge in [0, 0.05) is 18.7 Å². The van der Waals surface area contributed by atoms with Gasteiger partial charge < -0.3 is 9.88 Å². The van der Waals surface area contributed by atoms with Crippen molar-refractivity contribution in [1.82, 2.24) is 30.3 Å². The van der Waals surface area contributed by atoms with Crippen LogP contribution in [-0.2, 0) is 13.0 Å². The standard InChI is InChI=1S/C12H16N6O/c1-7-9(6-13-15-7)12(19)14-8(2)11-17-16-10-4-3-5-18(10)11/h6,8H,3-5H2,1-2H3,(H,13,15)(H,14,19). The number of aryl methyl sites for hydroxylation is 2. The maximum absolute atomic E-state index is 12.1. The number of rotatable bonds is 3. The number of hydrogen-bond donors (Lipinski definition) is 2. The summed E-state index contributed by atoms with van der Waals surface area (Å²) in [6.45, 7) is 4.67. The molecule has 1 aliphatic rings. The van der Waals surface area contributed by atoms with Crippen molar-refractivity contribution in [2.24, 2.45) is 0 Å². The fraction of sp³-hybridized carbons (Fsp3) is 0.500. The molecule has 0 saturated heterocycles. The minimum absolute atomic E-state index is 0.144. The minimum atomic E-state index is -0.166. The summed E-state index contributed by atoms with van der Waals surface area (Å²) < 4.78 is 2.09. The van der Waals surface area contributed by atoms with Gasteiger partial charge in [-0.15, -0.1) is 10.2 Å². The van der Waals surface area contributed by atoms with E-state index in [1.165, 1.54) is 6.20 Å². The van der Waals surface area contributed by atoms with E-state index in [-0.39, 0.29) is 11.9 Å². The van der Waals surface area contributed by atoms with Gasteiger partial charge in [0.1, 0.15) is 5.82 Å². The highest BCUT2D eigenvalue weighted by molar-refractivity contribution is 5.95. The summed E-state index contributed by atoms with van der Waals surface area (Å²) >= 11 is 0. The molecule has 2 aromatic heterocycles. The van der Waals surface area contributed by atoms with Gasteiger partial charge in [0.2, 0.25) is 0 Å². The maximum atomic E-state index is 12.1. The summed E-state index contributed by atoms with van der Waals surface area (Å²) in [4.78, 5) is 12.1. The summed E-state index contributed by atoms with van der Waals surface area (Å²) in [5.74, 6) is 1.69. The van der Waals surface area contributed by atoms with Gasteiger partial charge in [-0.3, -0.25) is 9.89 Å². The normalized spacial score (nSPS) is 15.3. The van der Waals surface area contributed by atoms with Crippen LogP contribution < -0.4 is 5.32 Å². The molecule has 0 saturated carbocycles. The number of amides is 1. The van der Waals surface area contributed by atoms with E-state index in [9.17, 15) is 4.79 Å². The number of hydrogen-bond acceptors (Lipinski definition) is 4. The molecule has 7 heteroatoms. The zero-order valence-electron chi connectivity index (χ0n) is 11.0. The molecule has 0 spiro atoms. The second-order valence-electron chi connectivity index (χ2n) is 4.83. The quantitative estimate of drug-likeness (QED) is 0.852. The van der Waals surface area contributed by atoms with E-state index in [0.717, 1.165) is 36.7 Å². The predicted octanol–water partition coefficient (Wildman–Crippen LogP) is 0.747. The van der Waals surface area contributed by atoms with Gasteiger partial charge in [-0.1, -0.05) is 0 Å². The zero-order chi connectivity index (χ0) is 13.4. The Morgan fingerprint density at radius 1 is 1.53 bits per heavy atom. The van der Waals surface area contributed by atoms with Crippen molar-refractivity contribution in [1.29, 1.82) is 0 Å². The maximum Gasteiger partial charge on any atom is 0.255 e. The van der Waals surface area contributed by atoms with Crippen LogP contribution in [0.3, 0.4) is 0 Å². The Labute approximate surface area is 110 Å². The van der Waals surface area contributed by atoms with E-state index in [1.54, 1.807) is 0 Å². The number of nitrogens with one attached hydrogen (secondary N) is 2. The van der Waals surface area contributed by atoms with E-state index in [1.807, 2.05) is 13.8 Å². The molecule has 100 valence electrons. The van der Waals surface area contributed by atoms with Crippen molar-refractivity contribution in [3.05, 3.63) is 29.1 Å². The largest absolute Gasteiger partial charge is 0.342 e. The summed E-state index contributed by atoms with van der Waals surface area (Å²) in [5, 5.41) is 17.9. The van der Waals surface area contributed by atoms with Gasteiger partial charge >= 0.3 is 0 Å². The van der Waals surface area contributed by atoms with Gasteiger partial charge in [0.15, 0.2) is 5.82 Å². The number of fused-ring (bicyclic) bond motifs is 1. The molecule has 0 radical (unpaired) electrons. The van der Waals surface area contributed by atoms with Crippen molar-refractivity contribution in [2.45, 2.75) is 39.3 Å². The van der Waals surface area contributed by atoms with Gasteiger partial charge in [0.05, 0.1) is 17.8 Å². The number of carbonyl (C=O) groups excluding carboxylic acids is 1. The molecule has 7 nitrogen and oxygen atoms in total. The first-order valence-electron chi connectivity index (χ1n) is 6.39. The van der Waals surface area contributed by atoms with Crippen LogP contribution >= 0.6 is 0 Å². The highest BCUT2D eigenvalue weighted by Crippen LogP contribution is 2.19. The molecular formula is C12H16N6O. The summed E-state index contributed by atoms with van der Waals surface area (Å²) in [5.41, 5.74) is 1.32. The van der Waals surface area contributed by atoms with Crippen molar-refractivity contribution in [3.63, 3.8) is 0 Å². The Morgan fingerprint density at radius 2 is 2.37 bits per heavy atom. The van der Waals surface area contributed by atoms with Gasteiger partial charge in [0.25, 0.3) is 5.91 Å². The topological polar surface area (TPSA) is 88.5 Å². The third-order valence-corrected chi connectivity index (χ3v) is 3.45. The Hall–Kier alpha value is -2.18. The number of aromatic nitrogens is 5. The second-order valence-corrected chi connectivity index (χ2v) is 4.83. The lowest BCUT2D eigenvalue weighted by atomic mass is 10.2. The first-order valence-corrected chi connectivity index (χ1v) is 6.39. The van der Waals surface area contributed by atoms with Crippen LogP contribution in [0.15, 0.2) is 6.20 Å². The molecule has 1 amide bonds. The highest BCUT2D eigenvalue weighted by Gasteiger charge is 2.23. The van der Waals surface area contributed by atoms with Crippen molar-refractivity contribution in [3.8, 4) is 0 Å². The number of aromatic amines is 1. The second kappa shape index (κ2) is 4.49. The molecule has 2 N–H and O–H groups in total. The lowest BCUT2D eigenvalue weighted by Crippen LogP contribution is -2.28. The van der Waals surface area contributed by atoms with Gasteiger partial charge in [-0.25, -0.2) is 0 Å². The molecule has 19 heavy (non-hydrogen) atoms. The molecule has 0 aliphatic carbocycles. The number of carbonyl (C=O) groups is 1. The molecule has 2 aromatic rings. The van der Waals surface area contributed by atoms with Crippen LogP contribution in [0.1, 0.15) is 47.1 Å². The Bertz CT molecular complexity index is 614. The lowest BCUT2D eigenvalue weighted by molar-refractivity contribution is 0.0937. The van der Waals surface area contributed by atoms with E-state index in [4.69, 9.17) is 0 Å². The molecule has 3 heterocycles. The first kappa shape index (κ1) is 11.9. The van der Waals surface area contributed by atoms with Gasteiger partial charge in [-0.2, -0.15) is 5.10 Å². The Kier molecular flexibility index (Phi) is 2.81. The molecule has 3 rings (SSSR count). The third-order valence-electron chi connectivity index (χ3n) is 3.45. The zero-order valence-corrected chi connectivity index (χ0v) is 11.0. The third kappa shape index (κ3) is 2.00. The monoisotopic (exact) mass is 260 g/mol. The van der Waals surface area contributed by atoms with E-state index in [2.05, 4.69) is 30.3 Å². The fourth-order valence-electron chi connectivity index (χ4n) is 2.41. The van der Waals surface area contributed by atoms with E-state index in [0.29, 0.717) is 5.56 Å². The molecule has 1 atom stereocenters. The molecule has 0 aromatic carbocycles. The van der Waals surface area contributed by atoms with Crippen LogP contribution in [0.4, 0.5) is 0 Å². The lowest BCUT2D eigenvalue weighted by Gasteiger charge is -2.13. The van der Waals surface area contributed by atoms with Crippen LogP contribution in [0, 0.1) is 6.92 Å². The van der Waals surface area contributed by atoms with E-state index >= 15 is 0 Å².